The van der Waals surface area contributed by atoms with Crippen LogP contribution in [0.2, 0.25) is 0 Å². The van der Waals surface area contributed by atoms with Gasteiger partial charge in [-0.05, 0) is 30.3 Å². The Morgan fingerprint density at radius 3 is 2.23 bits per heavy atom. The van der Waals surface area contributed by atoms with Gasteiger partial charge in [0.05, 0.1) is 17.7 Å². The molecule has 22 heavy (non-hydrogen) atoms. The van der Waals surface area contributed by atoms with Crippen molar-refractivity contribution in [3.8, 4) is 5.75 Å². The summed E-state index contributed by atoms with van der Waals surface area (Å²) in [6, 6.07) is 4.00. The van der Waals surface area contributed by atoms with Crippen molar-refractivity contribution in [3.05, 3.63) is 53.6 Å². The van der Waals surface area contributed by atoms with Gasteiger partial charge in [-0.15, -0.1) is 0 Å². The molecule has 0 saturated carbocycles. The highest BCUT2D eigenvalue weighted by molar-refractivity contribution is 7.92. The normalized spacial score (nSPS) is 11.3. The number of ether oxygens (including phenoxy) is 1. The maximum absolute atomic E-state index is 13.5. The molecule has 0 aromatic heterocycles. The van der Waals surface area contributed by atoms with Crippen LogP contribution >= 0.6 is 0 Å². The lowest BCUT2D eigenvalue weighted by Gasteiger charge is -2.10. The number of anilines is 1. The molecule has 4 nitrogen and oxygen atoms in total. The maximum atomic E-state index is 13.5. The largest absolute Gasteiger partial charge is 0.494 e. The second kappa shape index (κ2) is 5.84. The van der Waals surface area contributed by atoms with Gasteiger partial charge >= 0.3 is 0 Å². The van der Waals surface area contributed by atoms with Crippen LogP contribution in [0.25, 0.3) is 0 Å². The molecule has 0 aliphatic rings. The molecule has 0 heterocycles. The molecule has 0 spiro atoms. The Kier molecular flexibility index (Phi) is 4.27. The zero-order chi connectivity index (χ0) is 16.5. The molecule has 2 aromatic carbocycles. The van der Waals surface area contributed by atoms with Gasteiger partial charge in [-0.25, -0.2) is 26.0 Å². The molecule has 0 fully saturated rings. The van der Waals surface area contributed by atoms with Crippen LogP contribution in [0.5, 0.6) is 5.75 Å². The van der Waals surface area contributed by atoms with Crippen molar-refractivity contribution in [1.82, 2.24) is 0 Å². The van der Waals surface area contributed by atoms with Crippen LogP contribution < -0.4 is 9.46 Å². The summed E-state index contributed by atoms with van der Waals surface area (Å²) in [5.41, 5.74) is -0.796. The van der Waals surface area contributed by atoms with Crippen LogP contribution in [0.3, 0.4) is 0 Å². The first kappa shape index (κ1) is 16.1. The Morgan fingerprint density at radius 1 is 0.955 bits per heavy atom. The lowest BCUT2D eigenvalue weighted by molar-refractivity contribution is 0.385. The highest BCUT2D eigenvalue weighted by Crippen LogP contribution is 2.25. The Morgan fingerprint density at radius 2 is 1.64 bits per heavy atom. The molecule has 0 bridgehead atoms. The molecular formula is C13H9F4NO3S. The fourth-order valence-corrected chi connectivity index (χ4v) is 2.69. The topological polar surface area (TPSA) is 55.4 Å². The molecule has 1 N–H and O–H groups in total. The summed E-state index contributed by atoms with van der Waals surface area (Å²) in [5, 5.41) is 0. The molecule has 0 radical (unpaired) electrons. The third-order valence-electron chi connectivity index (χ3n) is 2.71. The first-order valence-electron chi connectivity index (χ1n) is 5.76. The summed E-state index contributed by atoms with van der Waals surface area (Å²) in [5.74, 6) is -6.11. The minimum atomic E-state index is -4.39. The highest BCUT2D eigenvalue weighted by Gasteiger charge is 2.21. The van der Waals surface area contributed by atoms with E-state index in [9.17, 15) is 26.0 Å². The van der Waals surface area contributed by atoms with E-state index >= 15 is 0 Å². The van der Waals surface area contributed by atoms with E-state index in [1.54, 1.807) is 4.72 Å². The number of rotatable bonds is 4. The summed E-state index contributed by atoms with van der Waals surface area (Å²) in [6.45, 7) is 0. The summed E-state index contributed by atoms with van der Waals surface area (Å²) >= 11 is 0. The van der Waals surface area contributed by atoms with Gasteiger partial charge in [0.15, 0.2) is 29.0 Å². The molecule has 2 aromatic rings. The van der Waals surface area contributed by atoms with Crippen molar-refractivity contribution >= 4 is 15.7 Å². The molecule has 0 aliphatic carbocycles. The van der Waals surface area contributed by atoms with E-state index in [-0.39, 0.29) is 5.75 Å². The van der Waals surface area contributed by atoms with Gasteiger partial charge in [0.1, 0.15) is 0 Å². The smallest absolute Gasteiger partial charge is 0.262 e. The molecule has 0 saturated heterocycles. The number of hydrogen-bond donors (Lipinski definition) is 1. The fraction of sp³-hybridized carbons (Fsp3) is 0.0769. The molecule has 0 aliphatic heterocycles. The standard InChI is InChI=1S/C13H9F4NO3S/c1-21-11-5-2-7(6-9(11)15)22(19,20)18-10-4-3-8(14)12(16)13(10)17/h2-6,18H,1H3. The van der Waals surface area contributed by atoms with Gasteiger partial charge < -0.3 is 4.74 Å². The van der Waals surface area contributed by atoms with Crippen LogP contribution in [0, 0.1) is 23.3 Å². The van der Waals surface area contributed by atoms with E-state index < -0.39 is 43.9 Å². The van der Waals surface area contributed by atoms with Crippen LogP contribution in [0.4, 0.5) is 23.2 Å². The fourth-order valence-electron chi connectivity index (χ4n) is 1.62. The van der Waals surface area contributed by atoms with Gasteiger partial charge in [0.2, 0.25) is 0 Å². The number of halogens is 4. The first-order valence-corrected chi connectivity index (χ1v) is 7.24. The molecule has 0 amide bonds. The summed E-state index contributed by atoms with van der Waals surface area (Å²) < 4.78 is 83.2. The van der Waals surface area contributed by atoms with Crippen molar-refractivity contribution < 1.29 is 30.7 Å². The van der Waals surface area contributed by atoms with Gasteiger partial charge in [-0.3, -0.25) is 4.72 Å². The number of hydrogen-bond acceptors (Lipinski definition) is 3. The van der Waals surface area contributed by atoms with E-state index in [4.69, 9.17) is 0 Å². The summed E-state index contributed by atoms with van der Waals surface area (Å²) in [6.07, 6.45) is 0. The van der Waals surface area contributed by atoms with Crippen molar-refractivity contribution in [1.29, 1.82) is 0 Å². The van der Waals surface area contributed by atoms with Gasteiger partial charge in [-0.2, -0.15) is 0 Å². The SMILES string of the molecule is COc1ccc(S(=O)(=O)Nc2ccc(F)c(F)c2F)cc1F. The number of benzene rings is 2. The van der Waals surface area contributed by atoms with Crippen molar-refractivity contribution in [2.45, 2.75) is 4.90 Å². The number of nitrogens with one attached hydrogen (secondary N) is 1. The van der Waals surface area contributed by atoms with Crippen LogP contribution in [-0.4, -0.2) is 15.5 Å². The number of sulfonamides is 1. The third kappa shape index (κ3) is 2.98. The Labute approximate surface area is 123 Å². The van der Waals surface area contributed by atoms with E-state index in [2.05, 4.69) is 4.74 Å². The molecule has 0 atom stereocenters. The minimum absolute atomic E-state index is 0.182. The Hall–Kier alpha value is -2.29. The number of methoxy groups -OCH3 is 1. The Balaban J connectivity index is 2.40. The molecule has 9 heteroatoms. The molecule has 0 unspecified atom stereocenters. The second-order valence-corrected chi connectivity index (χ2v) is 5.81. The molecule has 2 rings (SSSR count). The zero-order valence-electron chi connectivity index (χ0n) is 11.0. The van der Waals surface area contributed by atoms with Crippen LogP contribution in [0.1, 0.15) is 0 Å². The minimum Gasteiger partial charge on any atom is -0.494 e. The first-order chi connectivity index (χ1) is 10.3. The summed E-state index contributed by atoms with van der Waals surface area (Å²) in [4.78, 5) is -0.532. The van der Waals surface area contributed by atoms with Crippen molar-refractivity contribution in [2.24, 2.45) is 0 Å². The van der Waals surface area contributed by atoms with Gasteiger partial charge in [0, 0.05) is 0 Å². The Bertz CT molecular complexity index is 824. The maximum Gasteiger partial charge on any atom is 0.262 e. The van der Waals surface area contributed by atoms with E-state index in [1.165, 1.54) is 7.11 Å². The van der Waals surface area contributed by atoms with Crippen LogP contribution in [0.15, 0.2) is 35.2 Å². The second-order valence-electron chi connectivity index (χ2n) is 4.12. The monoisotopic (exact) mass is 335 g/mol. The highest BCUT2D eigenvalue weighted by atomic mass is 32.2. The lowest BCUT2D eigenvalue weighted by Crippen LogP contribution is -2.15. The molecule has 118 valence electrons. The van der Waals surface area contributed by atoms with E-state index in [1.807, 2.05) is 0 Å². The van der Waals surface area contributed by atoms with E-state index in [0.29, 0.717) is 18.2 Å². The predicted molar refractivity (Wildman–Crippen MR) is 70.1 cm³/mol. The third-order valence-corrected chi connectivity index (χ3v) is 4.08. The quantitative estimate of drug-likeness (QED) is 0.690. The van der Waals surface area contributed by atoms with Gasteiger partial charge in [-0.1, -0.05) is 0 Å². The summed E-state index contributed by atoms with van der Waals surface area (Å²) in [7, 11) is -3.19. The average molecular weight is 335 g/mol. The van der Waals surface area contributed by atoms with Gasteiger partial charge in [0.25, 0.3) is 10.0 Å². The zero-order valence-corrected chi connectivity index (χ0v) is 11.8. The van der Waals surface area contributed by atoms with Crippen LogP contribution in [-0.2, 0) is 10.0 Å². The molecular weight excluding hydrogens is 326 g/mol. The predicted octanol–water partition coefficient (Wildman–Crippen LogP) is 3.05. The van der Waals surface area contributed by atoms with Crippen molar-refractivity contribution in [3.63, 3.8) is 0 Å². The van der Waals surface area contributed by atoms with E-state index in [0.717, 1.165) is 12.1 Å². The average Bonchev–Trinajstić information content (AvgIpc) is 2.48. The lowest BCUT2D eigenvalue weighted by atomic mass is 10.3. The van der Waals surface area contributed by atoms with Crippen molar-refractivity contribution in [2.75, 3.05) is 11.8 Å².